The van der Waals surface area contributed by atoms with Crippen LogP contribution in [0.4, 0.5) is 32.2 Å². The predicted molar refractivity (Wildman–Crippen MR) is 178 cm³/mol. The minimum absolute atomic E-state index is 0.0510. The normalized spacial score (nSPS) is 16.7. The van der Waals surface area contributed by atoms with E-state index in [0.717, 1.165) is 37.3 Å². The molecule has 5 rings (SSSR count). The standard InChI is InChI=1S/C33H36ClFN6O4S/c1-33(2,3)45-32(42)38-22-14-12-21(13-15-22)37-31-36-19-18-28(40-31)24-8-4-6-10-27(24)39-29-17-16-23(20-26(29)35)41-46(43,44)30-11-7-5-9-25(30)34/h4-11,16-22,39,41H,12-15H2,1-3H3,(H,38,42)(H,36,37,40). The molecule has 242 valence electrons. The summed E-state index contributed by atoms with van der Waals surface area (Å²) in [6.45, 7) is 5.51. The van der Waals surface area contributed by atoms with E-state index in [1.165, 1.54) is 24.3 Å². The third-order valence-electron chi connectivity index (χ3n) is 7.26. The number of nitrogens with one attached hydrogen (secondary N) is 4. The maximum Gasteiger partial charge on any atom is 0.407 e. The Morgan fingerprint density at radius 2 is 1.63 bits per heavy atom. The van der Waals surface area contributed by atoms with E-state index in [9.17, 15) is 13.2 Å². The lowest BCUT2D eigenvalue weighted by Crippen LogP contribution is -2.42. The van der Waals surface area contributed by atoms with E-state index in [4.69, 9.17) is 21.3 Å². The molecule has 0 spiro atoms. The molecule has 0 atom stereocenters. The van der Waals surface area contributed by atoms with Crippen molar-refractivity contribution in [1.82, 2.24) is 15.3 Å². The molecular weight excluding hydrogens is 631 g/mol. The molecule has 0 aliphatic heterocycles. The van der Waals surface area contributed by atoms with Gasteiger partial charge < -0.3 is 20.7 Å². The number of benzene rings is 3. The van der Waals surface area contributed by atoms with Crippen molar-refractivity contribution in [2.75, 3.05) is 15.4 Å². The van der Waals surface area contributed by atoms with Gasteiger partial charge in [0.05, 0.1) is 22.1 Å². The van der Waals surface area contributed by atoms with Gasteiger partial charge in [-0.25, -0.2) is 27.6 Å². The van der Waals surface area contributed by atoms with Gasteiger partial charge >= 0.3 is 6.09 Å². The molecule has 13 heteroatoms. The third-order valence-corrected chi connectivity index (χ3v) is 9.14. The van der Waals surface area contributed by atoms with Crippen molar-refractivity contribution in [2.45, 2.75) is 69.0 Å². The van der Waals surface area contributed by atoms with Gasteiger partial charge in [-0.05, 0) is 82.9 Å². The maximum atomic E-state index is 15.2. The van der Waals surface area contributed by atoms with Gasteiger partial charge in [0.2, 0.25) is 5.95 Å². The van der Waals surface area contributed by atoms with Crippen LogP contribution in [0.1, 0.15) is 46.5 Å². The van der Waals surface area contributed by atoms with Crippen LogP contribution < -0.4 is 20.7 Å². The second kappa shape index (κ2) is 13.9. The van der Waals surface area contributed by atoms with Gasteiger partial charge in [0, 0.05) is 35.6 Å². The SMILES string of the molecule is CC(C)(C)OC(=O)NC1CCC(Nc2nccc(-c3ccccc3Nc3ccc(NS(=O)(=O)c4ccccc4Cl)cc3F)n2)CC1. The Kier molecular flexibility index (Phi) is 9.97. The first-order valence-corrected chi connectivity index (χ1v) is 16.7. The van der Waals surface area contributed by atoms with Crippen molar-refractivity contribution in [3.05, 3.63) is 89.8 Å². The molecule has 4 aromatic rings. The van der Waals surface area contributed by atoms with Crippen LogP contribution in [0.25, 0.3) is 11.3 Å². The van der Waals surface area contributed by atoms with Crippen LogP contribution in [-0.2, 0) is 14.8 Å². The molecular formula is C33H36ClFN6O4S. The largest absolute Gasteiger partial charge is 0.444 e. The topological polar surface area (TPSA) is 134 Å². The number of nitrogens with zero attached hydrogens (tertiary/aromatic N) is 2. The molecule has 1 saturated carbocycles. The number of sulfonamides is 1. The molecule has 1 aromatic heterocycles. The number of carbonyl (C=O) groups excluding carboxylic acids is 1. The number of anilines is 4. The fourth-order valence-corrected chi connectivity index (χ4v) is 6.70. The summed E-state index contributed by atoms with van der Waals surface area (Å²) in [7, 11) is -4.01. The summed E-state index contributed by atoms with van der Waals surface area (Å²) in [5, 5.41) is 9.53. The highest BCUT2D eigenvalue weighted by atomic mass is 35.5. The highest BCUT2D eigenvalue weighted by molar-refractivity contribution is 7.92. The van der Waals surface area contributed by atoms with Gasteiger partial charge in [0.15, 0.2) is 0 Å². The first-order valence-electron chi connectivity index (χ1n) is 14.9. The average Bonchev–Trinajstić information content (AvgIpc) is 2.99. The number of ether oxygens (including phenoxy) is 1. The van der Waals surface area contributed by atoms with E-state index < -0.39 is 27.5 Å². The van der Waals surface area contributed by atoms with Crippen molar-refractivity contribution in [3.63, 3.8) is 0 Å². The number of rotatable bonds is 9. The number of halogens is 2. The van der Waals surface area contributed by atoms with Crippen LogP contribution in [-0.4, -0.2) is 42.2 Å². The summed E-state index contributed by atoms with van der Waals surface area (Å²) in [5.74, 6) is -0.187. The van der Waals surface area contributed by atoms with Crippen LogP contribution in [0.5, 0.6) is 0 Å². The minimum atomic E-state index is -4.01. The van der Waals surface area contributed by atoms with E-state index in [0.29, 0.717) is 17.3 Å². The van der Waals surface area contributed by atoms with Crippen LogP contribution in [0.3, 0.4) is 0 Å². The van der Waals surface area contributed by atoms with Crippen LogP contribution in [0.15, 0.2) is 83.9 Å². The smallest absolute Gasteiger partial charge is 0.407 e. The molecule has 0 bridgehead atoms. The first-order chi connectivity index (χ1) is 21.9. The number of aromatic nitrogens is 2. The van der Waals surface area contributed by atoms with Crippen molar-refractivity contribution < 1.29 is 22.3 Å². The van der Waals surface area contributed by atoms with E-state index in [1.807, 2.05) is 39.0 Å². The molecule has 10 nitrogen and oxygen atoms in total. The molecule has 4 N–H and O–H groups in total. The first kappa shape index (κ1) is 33.0. The van der Waals surface area contributed by atoms with Gasteiger partial charge in [-0.1, -0.05) is 41.9 Å². The lowest BCUT2D eigenvalue weighted by Gasteiger charge is -2.30. The highest BCUT2D eigenvalue weighted by Gasteiger charge is 2.25. The molecule has 1 heterocycles. The Bertz CT molecular complexity index is 1810. The molecule has 1 aliphatic carbocycles. The molecule has 1 fully saturated rings. The number of hydrogen-bond acceptors (Lipinski definition) is 8. The molecule has 46 heavy (non-hydrogen) atoms. The predicted octanol–water partition coefficient (Wildman–Crippen LogP) is 7.73. The lowest BCUT2D eigenvalue weighted by atomic mass is 9.91. The Morgan fingerprint density at radius 3 is 2.35 bits per heavy atom. The van der Waals surface area contributed by atoms with Crippen LogP contribution in [0.2, 0.25) is 5.02 Å². The van der Waals surface area contributed by atoms with Gasteiger partial charge in [-0.2, -0.15) is 0 Å². The quantitative estimate of drug-likeness (QED) is 0.143. The summed E-state index contributed by atoms with van der Waals surface area (Å²) < 4.78 is 48.6. The number of alkyl carbamates (subject to hydrolysis) is 1. The fraction of sp³-hybridized carbons (Fsp3) is 0.303. The third kappa shape index (κ3) is 8.64. The zero-order valence-corrected chi connectivity index (χ0v) is 27.3. The summed E-state index contributed by atoms with van der Waals surface area (Å²) >= 11 is 6.05. The van der Waals surface area contributed by atoms with Crippen molar-refractivity contribution in [2.24, 2.45) is 0 Å². The van der Waals surface area contributed by atoms with E-state index in [2.05, 4.69) is 25.7 Å². The fourth-order valence-electron chi connectivity index (χ4n) is 5.13. The Morgan fingerprint density at radius 1 is 0.935 bits per heavy atom. The monoisotopic (exact) mass is 666 g/mol. The molecule has 3 aromatic carbocycles. The Hall–Kier alpha value is -4.42. The van der Waals surface area contributed by atoms with E-state index in [-0.39, 0.29) is 33.4 Å². The second-order valence-corrected chi connectivity index (χ2v) is 14.1. The van der Waals surface area contributed by atoms with Crippen molar-refractivity contribution in [3.8, 4) is 11.3 Å². The van der Waals surface area contributed by atoms with Crippen molar-refractivity contribution >= 4 is 50.7 Å². The number of hydrogen-bond donors (Lipinski definition) is 4. The molecule has 0 saturated heterocycles. The van der Waals surface area contributed by atoms with Gasteiger partial charge in [0.25, 0.3) is 10.0 Å². The van der Waals surface area contributed by atoms with Gasteiger partial charge in [-0.3, -0.25) is 4.72 Å². The number of amides is 1. The summed E-state index contributed by atoms with van der Waals surface area (Å²) in [6, 6.07) is 19.4. The van der Waals surface area contributed by atoms with Gasteiger partial charge in [0.1, 0.15) is 16.3 Å². The number of carbonyl (C=O) groups is 1. The molecule has 1 amide bonds. The second-order valence-electron chi connectivity index (χ2n) is 12.0. The van der Waals surface area contributed by atoms with Crippen LogP contribution in [0, 0.1) is 5.82 Å². The average molecular weight is 667 g/mol. The lowest BCUT2D eigenvalue weighted by molar-refractivity contribution is 0.0492. The summed E-state index contributed by atoms with van der Waals surface area (Å²) in [4.78, 5) is 21.2. The summed E-state index contributed by atoms with van der Waals surface area (Å²) in [5.41, 5.74) is 1.62. The maximum absolute atomic E-state index is 15.2. The van der Waals surface area contributed by atoms with Crippen LogP contribution >= 0.6 is 11.6 Å². The van der Waals surface area contributed by atoms with Crippen molar-refractivity contribution in [1.29, 1.82) is 0 Å². The Balaban J connectivity index is 1.24. The molecule has 0 unspecified atom stereocenters. The zero-order valence-electron chi connectivity index (χ0n) is 25.7. The highest BCUT2D eigenvalue weighted by Crippen LogP contribution is 2.32. The van der Waals surface area contributed by atoms with E-state index in [1.54, 1.807) is 30.5 Å². The summed E-state index contributed by atoms with van der Waals surface area (Å²) in [6.07, 6.45) is 4.52. The number of para-hydroxylation sites is 1. The van der Waals surface area contributed by atoms with Gasteiger partial charge in [-0.15, -0.1) is 0 Å². The Labute approximate surface area is 273 Å². The zero-order chi connectivity index (χ0) is 32.9. The minimum Gasteiger partial charge on any atom is -0.444 e. The molecule has 0 radical (unpaired) electrons. The molecule has 1 aliphatic rings. The van der Waals surface area contributed by atoms with E-state index >= 15 is 4.39 Å².